The van der Waals surface area contributed by atoms with Crippen molar-refractivity contribution >= 4 is 5.91 Å². The molecule has 2 aromatic carbocycles. The fraction of sp³-hybridized carbons (Fsp3) is 0.300. The van der Waals surface area contributed by atoms with Crippen LogP contribution in [0, 0.1) is 0 Å². The Labute approximate surface area is 164 Å². The summed E-state index contributed by atoms with van der Waals surface area (Å²) >= 11 is 0. The summed E-state index contributed by atoms with van der Waals surface area (Å²) in [6.45, 7) is 0.487. The molecule has 0 bridgehead atoms. The summed E-state index contributed by atoms with van der Waals surface area (Å²) in [5.74, 6) is 1.13. The average Bonchev–Trinajstić information content (AvgIpc) is 3.17. The van der Waals surface area contributed by atoms with Crippen LogP contribution in [-0.2, 0) is 11.3 Å². The summed E-state index contributed by atoms with van der Waals surface area (Å²) in [4.78, 5) is 15.7. The minimum absolute atomic E-state index is 0.0165. The lowest BCUT2D eigenvalue weighted by molar-refractivity contribution is -0.122. The summed E-state index contributed by atoms with van der Waals surface area (Å²) in [5.41, 5.74) is 1.96. The van der Waals surface area contributed by atoms with Crippen molar-refractivity contribution in [3.05, 3.63) is 60.2 Å². The van der Waals surface area contributed by atoms with Gasteiger partial charge in [0.15, 0.2) is 0 Å². The molecule has 0 aliphatic carbocycles. The molecule has 1 atom stereocenters. The zero-order chi connectivity index (χ0) is 19.9. The van der Waals surface area contributed by atoms with Crippen LogP contribution >= 0.6 is 0 Å². The van der Waals surface area contributed by atoms with Gasteiger partial charge in [-0.25, -0.2) is 0 Å². The molecule has 146 valence electrons. The van der Waals surface area contributed by atoms with E-state index in [9.17, 15) is 4.79 Å². The molecule has 1 heterocycles. The van der Waals surface area contributed by atoms with Crippen LogP contribution in [0.1, 0.15) is 11.6 Å². The van der Waals surface area contributed by atoms with Crippen molar-refractivity contribution in [3.8, 4) is 17.1 Å². The maximum Gasteiger partial charge on any atom is 0.243 e. The van der Waals surface area contributed by atoms with Gasteiger partial charge in [-0.15, -0.1) is 10.2 Å². The number of benzene rings is 2. The Morgan fingerprint density at radius 2 is 1.86 bits per heavy atom. The molecule has 0 fully saturated rings. The number of aromatic nitrogens is 4. The molecule has 0 spiro atoms. The Kier molecular flexibility index (Phi) is 6.33. The van der Waals surface area contributed by atoms with E-state index in [1.165, 1.54) is 4.80 Å². The number of amides is 1. The van der Waals surface area contributed by atoms with Gasteiger partial charge in [-0.3, -0.25) is 4.79 Å². The quantitative estimate of drug-likeness (QED) is 0.641. The highest BCUT2D eigenvalue weighted by molar-refractivity contribution is 5.75. The number of hydrogen-bond donors (Lipinski definition) is 1. The number of likely N-dealkylation sites (N-methyl/N-ethyl adjacent to an activating group) is 1. The van der Waals surface area contributed by atoms with E-state index >= 15 is 0 Å². The number of nitrogens with zero attached hydrogens (tertiary/aromatic N) is 5. The van der Waals surface area contributed by atoms with Crippen molar-refractivity contribution in [1.29, 1.82) is 0 Å². The maximum absolute atomic E-state index is 12.3. The molecule has 1 aromatic heterocycles. The normalized spacial score (nSPS) is 12.0. The Morgan fingerprint density at radius 1 is 1.14 bits per heavy atom. The molecule has 3 aromatic rings. The first kappa shape index (κ1) is 19.5. The lowest BCUT2D eigenvalue weighted by Gasteiger charge is -2.25. The first-order valence-corrected chi connectivity index (χ1v) is 8.97. The molecule has 28 heavy (non-hydrogen) atoms. The van der Waals surface area contributed by atoms with E-state index in [4.69, 9.17) is 4.74 Å². The number of methoxy groups -OCH3 is 1. The van der Waals surface area contributed by atoms with Gasteiger partial charge in [0, 0.05) is 12.1 Å². The largest absolute Gasteiger partial charge is 0.497 e. The topological polar surface area (TPSA) is 85.2 Å². The van der Waals surface area contributed by atoms with Gasteiger partial charge in [-0.2, -0.15) is 4.80 Å². The summed E-state index contributed by atoms with van der Waals surface area (Å²) in [5, 5.41) is 15.2. The average molecular weight is 380 g/mol. The molecule has 0 aliphatic rings. The molecule has 1 N–H and O–H groups in total. The number of rotatable bonds is 8. The number of carbonyl (C=O) groups is 1. The molecule has 0 aliphatic heterocycles. The minimum Gasteiger partial charge on any atom is -0.497 e. The number of nitrogens with one attached hydrogen (secondary N) is 1. The zero-order valence-electron chi connectivity index (χ0n) is 16.2. The van der Waals surface area contributed by atoms with Crippen LogP contribution in [0.15, 0.2) is 54.6 Å². The lowest BCUT2D eigenvalue weighted by Crippen LogP contribution is -2.36. The van der Waals surface area contributed by atoms with Crippen molar-refractivity contribution in [3.63, 3.8) is 0 Å². The highest BCUT2D eigenvalue weighted by atomic mass is 16.5. The van der Waals surface area contributed by atoms with Gasteiger partial charge < -0.3 is 15.0 Å². The zero-order valence-corrected chi connectivity index (χ0v) is 16.2. The van der Waals surface area contributed by atoms with Crippen LogP contribution in [0.4, 0.5) is 0 Å². The molecule has 1 unspecified atom stereocenters. The highest BCUT2D eigenvalue weighted by Crippen LogP contribution is 2.20. The SMILES string of the molecule is COc1ccc(C(CNC(=O)Cn2nnc(-c3ccccc3)n2)N(C)C)cc1. The Hall–Kier alpha value is -3.26. The number of carbonyl (C=O) groups excluding carboxylic acids is 1. The van der Waals surface area contributed by atoms with Gasteiger partial charge in [-0.1, -0.05) is 42.5 Å². The Morgan fingerprint density at radius 3 is 2.50 bits per heavy atom. The predicted octanol–water partition coefficient (Wildman–Crippen LogP) is 1.77. The van der Waals surface area contributed by atoms with Crippen molar-refractivity contribution in [2.24, 2.45) is 0 Å². The van der Waals surface area contributed by atoms with Crippen LogP contribution in [-0.4, -0.2) is 58.8 Å². The van der Waals surface area contributed by atoms with Crippen LogP contribution < -0.4 is 10.1 Å². The molecule has 8 nitrogen and oxygen atoms in total. The van der Waals surface area contributed by atoms with Crippen molar-refractivity contribution in [2.75, 3.05) is 27.7 Å². The predicted molar refractivity (Wildman–Crippen MR) is 106 cm³/mol. The second-order valence-corrected chi connectivity index (χ2v) is 6.57. The van der Waals surface area contributed by atoms with E-state index < -0.39 is 0 Å². The smallest absolute Gasteiger partial charge is 0.243 e. The second-order valence-electron chi connectivity index (χ2n) is 6.57. The molecule has 3 rings (SSSR count). The number of hydrogen-bond acceptors (Lipinski definition) is 6. The fourth-order valence-electron chi connectivity index (χ4n) is 2.83. The molecule has 0 radical (unpaired) electrons. The molecule has 0 saturated heterocycles. The molecular weight excluding hydrogens is 356 g/mol. The molecule has 0 saturated carbocycles. The number of ether oxygens (including phenoxy) is 1. The first-order chi connectivity index (χ1) is 13.6. The van der Waals surface area contributed by atoms with E-state index in [-0.39, 0.29) is 18.5 Å². The van der Waals surface area contributed by atoms with E-state index in [1.807, 2.05) is 68.7 Å². The van der Waals surface area contributed by atoms with Gasteiger partial charge in [0.25, 0.3) is 0 Å². The van der Waals surface area contributed by atoms with Gasteiger partial charge in [0.2, 0.25) is 11.7 Å². The molecular formula is C20H24N6O2. The van der Waals surface area contributed by atoms with Crippen LogP contribution in [0.2, 0.25) is 0 Å². The Bertz CT molecular complexity index is 893. The third kappa shape index (κ3) is 4.92. The highest BCUT2D eigenvalue weighted by Gasteiger charge is 2.16. The van der Waals surface area contributed by atoms with E-state index in [0.29, 0.717) is 12.4 Å². The monoisotopic (exact) mass is 380 g/mol. The van der Waals surface area contributed by atoms with Crippen LogP contribution in [0.25, 0.3) is 11.4 Å². The van der Waals surface area contributed by atoms with Crippen molar-refractivity contribution in [2.45, 2.75) is 12.6 Å². The first-order valence-electron chi connectivity index (χ1n) is 8.97. The molecule has 1 amide bonds. The summed E-state index contributed by atoms with van der Waals surface area (Å²) in [7, 11) is 5.60. The van der Waals surface area contributed by atoms with Gasteiger partial charge in [-0.05, 0) is 37.0 Å². The third-order valence-corrected chi connectivity index (χ3v) is 4.39. The lowest BCUT2D eigenvalue weighted by atomic mass is 10.1. The van der Waals surface area contributed by atoms with Crippen molar-refractivity contribution < 1.29 is 9.53 Å². The standard InChI is InChI=1S/C20H24N6O2/c1-25(2)18(15-9-11-17(28-3)12-10-15)13-21-19(27)14-26-23-20(22-24-26)16-7-5-4-6-8-16/h4-12,18H,13-14H2,1-3H3,(H,21,27). The van der Waals surface area contributed by atoms with E-state index in [0.717, 1.165) is 16.9 Å². The summed E-state index contributed by atoms with van der Waals surface area (Å²) < 4.78 is 5.20. The van der Waals surface area contributed by atoms with Gasteiger partial charge >= 0.3 is 0 Å². The van der Waals surface area contributed by atoms with E-state index in [2.05, 4.69) is 25.6 Å². The van der Waals surface area contributed by atoms with Gasteiger partial charge in [0.1, 0.15) is 12.3 Å². The summed E-state index contributed by atoms with van der Waals surface area (Å²) in [6, 6.07) is 17.4. The van der Waals surface area contributed by atoms with Crippen LogP contribution in [0.5, 0.6) is 5.75 Å². The van der Waals surface area contributed by atoms with E-state index in [1.54, 1.807) is 7.11 Å². The van der Waals surface area contributed by atoms with Crippen molar-refractivity contribution in [1.82, 2.24) is 30.4 Å². The van der Waals surface area contributed by atoms with Gasteiger partial charge in [0.05, 0.1) is 13.2 Å². The molecule has 8 heteroatoms. The second kappa shape index (κ2) is 9.09. The fourth-order valence-corrected chi connectivity index (χ4v) is 2.83. The third-order valence-electron chi connectivity index (χ3n) is 4.39. The Balaban J connectivity index is 1.58. The maximum atomic E-state index is 12.3. The number of tetrazole rings is 1. The van der Waals surface area contributed by atoms with Crippen LogP contribution in [0.3, 0.4) is 0 Å². The minimum atomic E-state index is -0.169. The summed E-state index contributed by atoms with van der Waals surface area (Å²) in [6.07, 6.45) is 0.